The van der Waals surface area contributed by atoms with Crippen molar-refractivity contribution in [3.05, 3.63) is 79.2 Å². The number of hydrogen-bond acceptors (Lipinski definition) is 6. The Morgan fingerprint density at radius 2 is 1.86 bits per heavy atom. The number of pyridine rings is 1. The molecular weight excluding hydrogens is 535 g/mol. The van der Waals surface area contributed by atoms with Crippen molar-refractivity contribution in [2.45, 2.75) is 117 Å². The van der Waals surface area contributed by atoms with Crippen LogP contribution in [-0.2, 0) is 0 Å². The molecule has 2 aliphatic heterocycles. The lowest BCUT2D eigenvalue weighted by molar-refractivity contribution is 0.135. The van der Waals surface area contributed by atoms with E-state index in [1.54, 1.807) is 6.08 Å². The number of aliphatic imine (C=N–C) groups is 1. The van der Waals surface area contributed by atoms with Crippen LogP contribution in [0.2, 0.25) is 0 Å². The predicted octanol–water partition coefficient (Wildman–Crippen LogP) is 8.38. The van der Waals surface area contributed by atoms with Crippen molar-refractivity contribution in [1.29, 1.82) is 0 Å². The Hall–Kier alpha value is -2.93. The van der Waals surface area contributed by atoms with Crippen molar-refractivity contribution < 1.29 is 4.48 Å². The molecule has 0 radical (unpaired) electrons. The summed E-state index contributed by atoms with van der Waals surface area (Å²) in [5.74, 6) is 0. The summed E-state index contributed by atoms with van der Waals surface area (Å²) in [6, 6.07) is 6.92. The van der Waals surface area contributed by atoms with Crippen molar-refractivity contribution in [2.75, 3.05) is 19.6 Å². The third kappa shape index (κ3) is 9.79. The van der Waals surface area contributed by atoms with Gasteiger partial charge in [-0.25, -0.2) is 0 Å². The number of rotatable bonds is 16. The van der Waals surface area contributed by atoms with Crippen LogP contribution in [0.1, 0.15) is 105 Å². The fourth-order valence-electron chi connectivity index (χ4n) is 5.75. The van der Waals surface area contributed by atoms with E-state index in [0.717, 1.165) is 81.0 Å². The van der Waals surface area contributed by atoms with Gasteiger partial charge in [0.05, 0.1) is 34.5 Å². The van der Waals surface area contributed by atoms with Gasteiger partial charge in [0, 0.05) is 38.1 Å². The zero-order valence-corrected chi connectivity index (χ0v) is 27.6. The lowest BCUT2D eigenvalue weighted by Gasteiger charge is -2.35. The topological polar surface area (TPSA) is 46.8 Å². The Balaban J connectivity index is 0.000000953. The van der Waals surface area contributed by atoms with Crippen molar-refractivity contribution in [3.63, 3.8) is 0 Å². The van der Waals surface area contributed by atoms with Gasteiger partial charge in [0.25, 0.3) is 0 Å². The average molecular weight is 593 g/mol. The molecule has 1 aromatic rings. The molecule has 3 atom stereocenters. The second-order valence-corrected chi connectivity index (χ2v) is 12.4. The molecule has 7 heteroatoms. The van der Waals surface area contributed by atoms with Gasteiger partial charge in [-0.15, -0.1) is 6.58 Å². The van der Waals surface area contributed by atoms with E-state index >= 15 is 0 Å². The summed E-state index contributed by atoms with van der Waals surface area (Å²) in [4.78, 5) is 14.4. The van der Waals surface area contributed by atoms with Crippen LogP contribution in [0.15, 0.2) is 78.5 Å². The standard InChI is InChI=1S/C31H45FN6.C3H6.C2H6/c1-5-38(32)24(3)29(34-25-12-10-13-25)23(2)36(21-11-16-31(4)17-18-31)20-9-7-15-28-35-30(27-22-37(27)28)26-14-6-8-19-33-26;1-3-2;1-2/h5-6,8,14,19,25,27-28,34H,1-2,7,9-13,15-18,20-22H2,3-4H3;3H,1H2,2H3;1-2H3/b29-24-;;. The molecule has 4 aliphatic rings. The quantitative estimate of drug-likeness (QED) is 0.0687. The third-order valence-corrected chi connectivity index (χ3v) is 8.98. The molecule has 2 aliphatic carbocycles. The van der Waals surface area contributed by atoms with Gasteiger partial charge in [0.15, 0.2) is 0 Å². The highest BCUT2D eigenvalue weighted by Crippen LogP contribution is 2.49. The first-order valence-corrected chi connectivity index (χ1v) is 16.6. The summed E-state index contributed by atoms with van der Waals surface area (Å²) < 4.78 is 14.6. The maximum Gasteiger partial charge on any atom is 0.103 e. The molecule has 6 nitrogen and oxygen atoms in total. The molecular formula is C36H57FN6. The van der Waals surface area contributed by atoms with Gasteiger partial charge in [-0.2, -0.15) is 5.12 Å². The van der Waals surface area contributed by atoms with Crippen LogP contribution in [-0.4, -0.2) is 63.5 Å². The number of nitrogens with zero attached hydrogens (tertiary/aromatic N) is 5. The maximum atomic E-state index is 14.6. The third-order valence-electron chi connectivity index (χ3n) is 8.98. The van der Waals surface area contributed by atoms with E-state index in [1.807, 2.05) is 46.0 Å². The number of halogens is 1. The largest absolute Gasteiger partial charge is 0.379 e. The van der Waals surface area contributed by atoms with Crippen molar-refractivity contribution in [3.8, 4) is 0 Å². The number of aromatic nitrogens is 1. The van der Waals surface area contributed by atoms with Gasteiger partial charge in [-0.1, -0.05) is 50.6 Å². The normalized spacial score (nSPS) is 22.9. The van der Waals surface area contributed by atoms with Crippen LogP contribution in [0.3, 0.4) is 0 Å². The molecule has 43 heavy (non-hydrogen) atoms. The van der Waals surface area contributed by atoms with E-state index in [2.05, 4.69) is 52.8 Å². The Labute approximate surface area is 261 Å². The minimum Gasteiger partial charge on any atom is -0.379 e. The second kappa shape index (κ2) is 16.8. The Kier molecular flexibility index (Phi) is 13.5. The molecule has 3 fully saturated rings. The van der Waals surface area contributed by atoms with Crippen molar-refractivity contribution in [2.24, 2.45) is 10.4 Å². The summed E-state index contributed by atoms with van der Waals surface area (Å²) >= 11 is 0. The zero-order valence-electron chi connectivity index (χ0n) is 27.6. The summed E-state index contributed by atoms with van der Waals surface area (Å²) in [5.41, 5.74) is 4.97. The summed E-state index contributed by atoms with van der Waals surface area (Å²) in [5, 5.41) is 4.23. The van der Waals surface area contributed by atoms with Gasteiger partial charge >= 0.3 is 0 Å². The van der Waals surface area contributed by atoms with Gasteiger partial charge in [0.1, 0.15) is 6.17 Å². The number of hydrogen-bond donors (Lipinski definition) is 1. The Bertz CT molecular complexity index is 1100. The summed E-state index contributed by atoms with van der Waals surface area (Å²) in [6.45, 7) is 24.6. The molecule has 0 bridgehead atoms. The minimum atomic E-state index is 0.272. The zero-order chi connectivity index (χ0) is 31.4. The van der Waals surface area contributed by atoms with Crippen LogP contribution < -0.4 is 5.32 Å². The van der Waals surface area contributed by atoms with Crippen LogP contribution in [0.25, 0.3) is 0 Å². The second-order valence-electron chi connectivity index (χ2n) is 12.4. The van der Waals surface area contributed by atoms with E-state index in [-0.39, 0.29) is 6.17 Å². The fraction of sp³-hybridized carbons (Fsp3) is 0.611. The number of allylic oxidation sites excluding steroid dienone is 2. The highest BCUT2D eigenvalue weighted by atomic mass is 19.2. The molecule has 0 amide bonds. The molecule has 3 unspecified atom stereocenters. The molecule has 1 aromatic heterocycles. The van der Waals surface area contributed by atoms with Crippen molar-refractivity contribution in [1.82, 2.24) is 25.2 Å². The summed E-state index contributed by atoms with van der Waals surface area (Å²) in [6.07, 6.45) is 16.9. The van der Waals surface area contributed by atoms with Gasteiger partial charge < -0.3 is 10.2 Å². The van der Waals surface area contributed by atoms with E-state index in [1.165, 1.54) is 31.9 Å². The first kappa shape index (κ1) is 34.6. The van der Waals surface area contributed by atoms with Gasteiger partial charge in [-0.3, -0.25) is 14.9 Å². The van der Waals surface area contributed by atoms with E-state index < -0.39 is 0 Å². The van der Waals surface area contributed by atoms with E-state index in [0.29, 0.717) is 28.3 Å². The first-order chi connectivity index (χ1) is 20.8. The molecule has 1 N–H and O–H groups in total. The highest BCUT2D eigenvalue weighted by molar-refractivity contribution is 6.06. The lowest BCUT2D eigenvalue weighted by atomic mass is 9.92. The monoisotopic (exact) mass is 592 g/mol. The van der Waals surface area contributed by atoms with Crippen molar-refractivity contribution >= 4 is 5.71 Å². The molecule has 238 valence electrons. The van der Waals surface area contributed by atoms with E-state index in [4.69, 9.17) is 4.99 Å². The molecule has 1 saturated heterocycles. The minimum absolute atomic E-state index is 0.272. The van der Waals surface area contributed by atoms with Crippen LogP contribution >= 0.6 is 0 Å². The molecule has 5 rings (SSSR count). The SMILES string of the molecule is C=CC.C=CN(F)/C(C)=C(\NC1CCC1)C(=C)N(CCCCC1N=C(c2ccccn2)C2CN12)CCCC1(C)CC1.CC. The predicted molar refractivity (Wildman–Crippen MR) is 180 cm³/mol. The van der Waals surface area contributed by atoms with Gasteiger partial charge in [-0.05, 0) is 95.6 Å². The summed E-state index contributed by atoms with van der Waals surface area (Å²) in [7, 11) is 0. The fourth-order valence-corrected chi connectivity index (χ4v) is 5.75. The Morgan fingerprint density at radius 3 is 2.44 bits per heavy atom. The maximum absolute atomic E-state index is 14.6. The van der Waals surface area contributed by atoms with Crippen LogP contribution in [0.4, 0.5) is 4.48 Å². The Morgan fingerprint density at radius 1 is 1.16 bits per heavy atom. The lowest BCUT2D eigenvalue weighted by Crippen LogP contribution is -2.39. The number of fused-ring (bicyclic) bond motifs is 1. The highest BCUT2D eigenvalue weighted by Gasteiger charge is 2.48. The average Bonchev–Trinajstić information content (AvgIpc) is 3.92. The smallest absolute Gasteiger partial charge is 0.103 e. The molecule has 0 aromatic carbocycles. The number of nitrogens with one attached hydrogen (secondary N) is 1. The molecule has 3 heterocycles. The van der Waals surface area contributed by atoms with Gasteiger partial charge in [0.2, 0.25) is 0 Å². The molecule has 2 saturated carbocycles. The molecule has 0 spiro atoms. The first-order valence-electron chi connectivity index (χ1n) is 16.6. The number of unbranched alkanes of at least 4 members (excludes halogenated alkanes) is 1. The van der Waals surface area contributed by atoms with Crippen LogP contribution in [0.5, 0.6) is 0 Å². The van der Waals surface area contributed by atoms with Crippen LogP contribution in [0, 0.1) is 5.41 Å². The van der Waals surface area contributed by atoms with E-state index in [9.17, 15) is 4.48 Å².